The van der Waals surface area contributed by atoms with Crippen LogP contribution in [-0.4, -0.2) is 32.0 Å². The van der Waals surface area contributed by atoms with Crippen LogP contribution in [0, 0.1) is 0 Å². The van der Waals surface area contributed by atoms with Crippen molar-refractivity contribution in [1.82, 2.24) is 5.32 Å². The summed E-state index contributed by atoms with van der Waals surface area (Å²) in [5.41, 5.74) is 2.11. The van der Waals surface area contributed by atoms with Crippen LogP contribution in [-0.2, 0) is 11.2 Å². The van der Waals surface area contributed by atoms with Crippen molar-refractivity contribution >= 4 is 46.1 Å². The fraction of sp³-hybridized carbons (Fsp3) is 0.250. The van der Waals surface area contributed by atoms with Crippen LogP contribution in [0.2, 0.25) is 4.34 Å². The molecule has 0 spiro atoms. The van der Waals surface area contributed by atoms with Crippen LogP contribution in [0.4, 0.5) is 11.4 Å². The van der Waals surface area contributed by atoms with Crippen LogP contribution in [0.5, 0.6) is 0 Å². The zero-order valence-corrected chi connectivity index (χ0v) is 14.1. The van der Waals surface area contributed by atoms with Gasteiger partial charge in [-0.05, 0) is 36.8 Å². The summed E-state index contributed by atoms with van der Waals surface area (Å²) < 4.78 is 0.751. The molecule has 1 aliphatic rings. The van der Waals surface area contributed by atoms with E-state index >= 15 is 0 Å². The standard InChI is InChI=1S/C16H16ClN3O2S/c1-20-9-15(21)19-12-8-10(2-4-13(12)20)16(22)18-7-6-11-3-5-14(17)23-11/h2-5,8H,6-7,9H2,1H3,(H,18,22)(H,19,21). The first-order chi connectivity index (χ1) is 11.0. The molecule has 2 aromatic rings. The van der Waals surface area contributed by atoms with Crippen molar-refractivity contribution in [2.75, 3.05) is 30.4 Å². The van der Waals surface area contributed by atoms with E-state index in [1.807, 2.05) is 30.1 Å². The third-order valence-electron chi connectivity index (χ3n) is 3.61. The number of anilines is 2. The molecule has 23 heavy (non-hydrogen) atoms. The lowest BCUT2D eigenvalue weighted by atomic mass is 10.1. The SMILES string of the molecule is CN1CC(=O)Nc2cc(C(=O)NCCc3ccc(Cl)s3)ccc21. The minimum atomic E-state index is -0.155. The van der Waals surface area contributed by atoms with Gasteiger partial charge in [0, 0.05) is 24.0 Å². The summed E-state index contributed by atoms with van der Waals surface area (Å²) in [6.45, 7) is 0.862. The van der Waals surface area contributed by atoms with E-state index in [0.717, 1.165) is 21.3 Å². The number of amides is 2. The predicted molar refractivity (Wildman–Crippen MR) is 93.7 cm³/mol. The lowest BCUT2D eigenvalue weighted by Gasteiger charge is -2.27. The summed E-state index contributed by atoms with van der Waals surface area (Å²) in [6, 6.07) is 9.14. The van der Waals surface area contributed by atoms with Gasteiger partial charge in [-0.3, -0.25) is 9.59 Å². The molecular formula is C16H16ClN3O2S. The first-order valence-corrected chi connectivity index (χ1v) is 8.40. The van der Waals surface area contributed by atoms with Crippen molar-refractivity contribution in [2.45, 2.75) is 6.42 Å². The topological polar surface area (TPSA) is 61.4 Å². The Morgan fingerprint density at radius 3 is 2.96 bits per heavy atom. The second-order valence-corrected chi connectivity index (χ2v) is 7.15. The van der Waals surface area contributed by atoms with E-state index in [1.54, 1.807) is 12.1 Å². The third-order valence-corrected chi connectivity index (χ3v) is 4.90. The van der Waals surface area contributed by atoms with Gasteiger partial charge in [0.25, 0.3) is 5.91 Å². The lowest BCUT2D eigenvalue weighted by Crippen LogP contribution is -2.35. The van der Waals surface area contributed by atoms with Gasteiger partial charge in [-0.1, -0.05) is 11.6 Å². The molecule has 5 nitrogen and oxygen atoms in total. The van der Waals surface area contributed by atoms with Gasteiger partial charge in [0.2, 0.25) is 5.91 Å². The van der Waals surface area contributed by atoms with Gasteiger partial charge >= 0.3 is 0 Å². The number of carbonyl (C=O) groups is 2. The number of hydrogen-bond donors (Lipinski definition) is 2. The van der Waals surface area contributed by atoms with Gasteiger partial charge < -0.3 is 15.5 Å². The summed E-state index contributed by atoms with van der Waals surface area (Å²) in [7, 11) is 1.85. The molecule has 1 aromatic carbocycles. The maximum atomic E-state index is 12.2. The summed E-state index contributed by atoms with van der Waals surface area (Å²) in [5.74, 6) is -0.231. The summed E-state index contributed by atoms with van der Waals surface area (Å²) in [5, 5.41) is 5.68. The maximum Gasteiger partial charge on any atom is 0.251 e. The molecule has 0 bridgehead atoms. The van der Waals surface area contributed by atoms with E-state index in [-0.39, 0.29) is 11.8 Å². The van der Waals surface area contributed by atoms with Crippen LogP contribution in [0.25, 0.3) is 0 Å². The Labute approximate surface area is 143 Å². The summed E-state index contributed by atoms with van der Waals surface area (Å²) >= 11 is 7.40. The zero-order valence-electron chi connectivity index (χ0n) is 12.6. The smallest absolute Gasteiger partial charge is 0.251 e. The second-order valence-electron chi connectivity index (χ2n) is 5.35. The van der Waals surface area contributed by atoms with Gasteiger partial charge in [-0.2, -0.15) is 0 Å². The molecule has 0 atom stereocenters. The number of likely N-dealkylation sites (N-methyl/N-ethyl adjacent to an activating group) is 1. The summed E-state index contributed by atoms with van der Waals surface area (Å²) in [6.07, 6.45) is 0.744. The highest BCUT2D eigenvalue weighted by Gasteiger charge is 2.20. The molecule has 1 aromatic heterocycles. The van der Waals surface area contributed by atoms with Gasteiger partial charge in [-0.15, -0.1) is 11.3 Å². The van der Waals surface area contributed by atoms with Crippen molar-refractivity contribution in [2.24, 2.45) is 0 Å². The fourth-order valence-corrected chi connectivity index (χ4v) is 3.58. The molecule has 1 aliphatic heterocycles. The highest BCUT2D eigenvalue weighted by Crippen LogP contribution is 2.29. The molecule has 3 rings (SSSR count). The molecule has 0 aliphatic carbocycles. The van der Waals surface area contributed by atoms with Crippen molar-refractivity contribution < 1.29 is 9.59 Å². The van der Waals surface area contributed by atoms with E-state index in [2.05, 4.69) is 10.6 Å². The number of fused-ring (bicyclic) bond motifs is 1. The number of nitrogens with zero attached hydrogens (tertiary/aromatic N) is 1. The Morgan fingerprint density at radius 1 is 1.39 bits per heavy atom. The third kappa shape index (κ3) is 3.65. The van der Waals surface area contributed by atoms with Crippen molar-refractivity contribution in [1.29, 1.82) is 0 Å². The lowest BCUT2D eigenvalue weighted by molar-refractivity contribution is -0.115. The Balaban J connectivity index is 1.63. The Bertz CT molecular complexity index is 760. The predicted octanol–water partition coefficient (Wildman–Crippen LogP) is 2.76. The highest BCUT2D eigenvalue weighted by atomic mass is 35.5. The Hall–Kier alpha value is -2.05. The van der Waals surface area contributed by atoms with Crippen molar-refractivity contribution in [3.05, 3.63) is 45.1 Å². The minimum Gasteiger partial charge on any atom is -0.364 e. The van der Waals surface area contributed by atoms with Gasteiger partial charge in [0.1, 0.15) is 0 Å². The van der Waals surface area contributed by atoms with Crippen LogP contribution >= 0.6 is 22.9 Å². The number of hydrogen-bond acceptors (Lipinski definition) is 4. The monoisotopic (exact) mass is 349 g/mol. The van der Waals surface area contributed by atoms with Crippen molar-refractivity contribution in [3.63, 3.8) is 0 Å². The molecule has 0 radical (unpaired) electrons. The molecule has 0 saturated heterocycles. The van der Waals surface area contributed by atoms with Crippen molar-refractivity contribution in [3.8, 4) is 0 Å². The van der Waals surface area contributed by atoms with Gasteiger partial charge in [-0.25, -0.2) is 0 Å². The molecule has 0 saturated carbocycles. The Morgan fingerprint density at radius 2 is 2.22 bits per heavy atom. The number of nitrogens with one attached hydrogen (secondary N) is 2. The zero-order chi connectivity index (χ0) is 16.4. The highest BCUT2D eigenvalue weighted by molar-refractivity contribution is 7.16. The van der Waals surface area contributed by atoms with E-state index in [9.17, 15) is 9.59 Å². The van der Waals surface area contributed by atoms with Crippen LogP contribution in [0.3, 0.4) is 0 Å². The van der Waals surface area contributed by atoms with Crippen LogP contribution < -0.4 is 15.5 Å². The first kappa shape index (κ1) is 15.8. The van der Waals surface area contributed by atoms with Crippen LogP contribution in [0.15, 0.2) is 30.3 Å². The average molecular weight is 350 g/mol. The van der Waals surface area contributed by atoms with E-state index in [4.69, 9.17) is 11.6 Å². The summed E-state index contributed by atoms with van der Waals surface area (Å²) in [4.78, 5) is 26.8. The first-order valence-electron chi connectivity index (χ1n) is 7.20. The average Bonchev–Trinajstić information content (AvgIpc) is 2.91. The number of halogens is 1. The number of carbonyl (C=O) groups excluding carboxylic acids is 2. The molecule has 0 unspecified atom stereocenters. The van der Waals surface area contributed by atoms with E-state index in [1.165, 1.54) is 11.3 Å². The molecule has 120 valence electrons. The fourth-order valence-electron chi connectivity index (χ4n) is 2.49. The van der Waals surface area contributed by atoms with Gasteiger partial charge in [0.15, 0.2) is 0 Å². The Kier molecular flexibility index (Phi) is 4.54. The van der Waals surface area contributed by atoms with E-state index in [0.29, 0.717) is 24.3 Å². The molecular weight excluding hydrogens is 334 g/mol. The number of thiophene rings is 1. The number of rotatable bonds is 4. The largest absolute Gasteiger partial charge is 0.364 e. The quantitative estimate of drug-likeness (QED) is 0.892. The molecule has 7 heteroatoms. The second kappa shape index (κ2) is 6.60. The van der Waals surface area contributed by atoms with E-state index < -0.39 is 0 Å². The molecule has 2 heterocycles. The maximum absolute atomic E-state index is 12.2. The molecule has 2 amide bonds. The molecule has 0 fully saturated rings. The normalized spacial score (nSPS) is 13.5. The van der Waals surface area contributed by atoms with Gasteiger partial charge in [0.05, 0.1) is 22.3 Å². The molecule has 2 N–H and O–H groups in total. The minimum absolute atomic E-state index is 0.0767. The van der Waals surface area contributed by atoms with Crippen LogP contribution in [0.1, 0.15) is 15.2 Å². The number of benzene rings is 1.